The van der Waals surface area contributed by atoms with Gasteiger partial charge in [-0.25, -0.2) is 0 Å². The van der Waals surface area contributed by atoms with Crippen molar-refractivity contribution in [1.82, 2.24) is 0 Å². The van der Waals surface area contributed by atoms with Gasteiger partial charge in [0.05, 0.1) is 6.61 Å². The van der Waals surface area contributed by atoms with Gasteiger partial charge in [-0.15, -0.1) is 6.58 Å². The summed E-state index contributed by atoms with van der Waals surface area (Å²) in [4.78, 5) is 11.2. The first-order chi connectivity index (χ1) is 10.8. The van der Waals surface area contributed by atoms with Crippen LogP contribution in [0.2, 0.25) is 0 Å². The summed E-state index contributed by atoms with van der Waals surface area (Å²) < 4.78 is 4.92. The highest BCUT2D eigenvalue weighted by atomic mass is 16.5. The quantitative estimate of drug-likeness (QED) is 0.172. The molecule has 2 nitrogen and oxygen atoms in total. The van der Waals surface area contributed by atoms with E-state index in [0.717, 1.165) is 6.42 Å². The van der Waals surface area contributed by atoms with Crippen molar-refractivity contribution < 1.29 is 9.53 Å². The Morgan fingerprint density at radius 2 is 1.18 bits per heavy atom. The number of ether oxygens (including phenoxy) is 1. The molecule has 0 aliphatic heterocycles. The van der Waals surface area contributed by atoms with Crippen LogP contribution in [0.3, 0.4) is 0 Å². The van der Waals surface area contributed by atoms with Crippen LogP contribution >= 0.6 is 0 Å². The van der Waals surface area contributed by atoms with Crippen LogP contribution in [0.15, 0.2) is 12.7 Å². The van der Waals surface area contributed by atoms with Gasteiger partial charge in [0.25, 0.3) is 0 Å². The van der Waals surface area contributed by atoms with E-state index in [-0.39, 0.29) is 5.97 Å². The van der Waals surface area contributed by atoms with Gasteiger partial charge in [0, 0.05) is 6.42 Å². The van der Waals surface area contributed by atoms with Crippen LogP contribution in [0.5, 0.6) is 0 Å². The standard InChI is InChI=1S/C20H38O2/c1-3-5-6-7-8-9-10-11-12-13-14-15-16-17-18-19-20(21)22-4-2/h3H,1,4-19H2,2H3. The van der Waals surface area contributed by atoms with Crippen LogP contribution in [0.4, 0.5) is 0 Å². The number of hydrogen-bond donors (Lipinski definition) is 0. The lowest BCUT2D eigenvalue weighted by Gasteiger charge is -2.03. The van der Waals surface area contributed by atoms with E-state index in [0.29, 0.717) is 13.0 Å². The zero-order valence-corrected chi connectivity index (χ0v) is 14.9. The number of carbonyl (C=O) groups excluding carboxylic acids is 1. The van der Waals surface area contributed by atoms with Crippen LogP contribution in [0.1, 0.15) is 103 Å². The number of hydrogen-bond acceptors (Lipinski definition) is 2. The molecule has 0 unspecified atom stereocenters. The second kappa shape index (κ2) is 18.3. The maximum Gasteiger partial charge on any atom is 0.305 e. The SMILES string of the molecule is C=CCCCCCCCCCCCCCCCC(=O)OCC. The number of carbonyl (C=O) groups is 1. The lowest BCUT2D eigenvalue weighted by atomic mass is 10.0. The first-order valence-corrected chi connectivity index (χ1v) is 9.57. The zero-order valence-electron chi connectivity index (χ0n) is 14.9. The Morgan fingerprint density at radius 3 is 1.59 bits per heavy atom. The second-order valence-electron chi connectivity index (χ2n) is 6.23. The number of esters is 1. The van der Waals surface area contributed by atoms with Crippen molar-refractivity contribution in [3.05, 3.63) is 12.7 Å². The predicted molar refractivity (Wildman–Crippen MR) is 96.1 cm³/mol. The molecule has 0 radical (unpaired) electrons. The lowest BCUT2D eigenvalue weighted by Crippen LogP contribution is -2.03. The van der Waals surface area contributed by atoms with Gasteiger partial charge in [0.15, 0.2) is 0 Å². The molecule has 130 valence electrons. The van der Waals surface area contributed by atoms with Crippen LogP contribution in [-0.4, -0.2) is 12.6 Å². The fraction of sp³-hybridized carbons (Fsp3) is 0.850. The van der Waals surface area contributed by atoms with E-state index in [1.807, 2.05) is 13.0 Å². The van der Waals surface area contributed by atoms with E-state index in [1.54, 1.807) is 0 Å². The molecule has 2 heteroatoms. The molecule has 0 aromatic rings. The monoisotopic (exact) mass is 310 g/mol. The van der Waals surface area contributed by atoms with Crippen molar-refractivity contribution in [2.75, 3.05) is 6.61 Å². The third-order valence-electron chi connectivity index (χ3n) is 4.09. The molecule has 22 heavy (non-hydrogen) atoms. The highest BCUT2D eigenvalue weighted by Gasteiger charge is 2.00. The Morgan fingerprint density at radius 1 is 0.773 bits per heavy atom. The molecule has 0 saturated carbocycles. The molecule has 0 amide bonds. The minimum Gasteiger partial charge on any atom is -0.466 e. The average molecular weight is 311 g/mol. The van der Waals surface area contributed by atoms with Crippen molar-refractivity contribution in [2.24, 2.45) is 0 Å². The van der Waals surface area contributed by atoms with Crippen molar-refractivity contribution in [2.45, 2.75) is 103 Å². The number of rotatable bonds is 17. The first kappa shape index (κ1) is 21.2. The largest absolute Gasteiger partial charge is 0.466 e. The van der Waals surface area contributed by atoms with E-state index in [9.17, 15) is 4.79 Å². The topological polar surface area (TPSA) is 26.3 Å². The van der Waals surface area contributed by atoms with Gasteiger partial charge in [-0.2, -0.15) is 0 Å². The molecular formula is C20H38O2. The molecule has 0 N–H and O–H groups in total. The summed E-state index contributed by atoms with van der Waals surface area (Å²) in [5.41, 5.74) is 0. The summed E-state index contributed by atoms with van der Waals surface area (Å²) >= 11 is 0. The molecule has 0 aliphatic rings. The van der Waals surface area contributed by atoms with Crippen LogP contribution in [-0.2, 0) is 9.53 Å². The van der Waals surface area contributed by atoms with Gasteiger partial charge in [0.2, 0.25) is 0 Å². The first-order valence-electron chi connectivity index (χ1n) is 9.57. The summed E-state index contributed by atoms with van der Waals surface area (Å²) in [5.74, 6) is -0.0352. The molecule has 0 heterocycles. The van der Waals surface area contributed by atoms with Crippen molar-refractivity contribution in [3.8, 4) is 0 Å². The van der Waals surface area contributed by atoms with Gasteiger partial charge >= 0.3 is 5.97 Å². The van der Waals surface area contributed by atoms with Crippen LogP contribution in [0, 0.1) is 0 Å². The smallest absolute Gasteiger partial charge is 0.305 e. The fourth-order valence-corrected chi connectivity index (χ4v) is 2.74. The molecule has 0 aromatic heterocycles. The van der Waals surface area contributed by atoms with Gasteiger partial charge < -0.3 is 4.74 Å². The normalized spacial score (nSPS) is 10.6. The molecule has 0 spiro atoms. The minimum absolute atomic E-state index is 0.0352. The second-order valence-corrected chi connectivity index (χ2v) is 6.23. The summed E-state index contributed by atoms with van der Waals surface area (Å²) in [6, 6.07) is 0. The minimum atomic E-state index is -0.0352. The van der Waals surface area contributed by atoms with Gasteiger partial charge in [0.1, 0.15) is 0 Å². The van der Waals surface area contributed by atoms with E-state index in [4.69, 9.17) is 4.74 Å². The lowest BCUT2D eigenvalue weighted by molar-refractivity contribution is -0.143. The van der Waals surface area contributed by atoms with Crippen LogP contribution < -0.4 is 0 Å². The summed E-state index contributed by atoms with van der Waals surface area (Å²) in [6.45, 7) is 6.12. The summed E-state index contributed by atoms with van der Waals surface area (Å²) in [6.07, 6.45) is 21.0. The molecule has 0 bridgehead atoms. The molecule has 0 fully saturated rings. The molecule has 0 saturated heterocycles. The third-order valence-corrected chi connectivity index (χ3v) is 4.09. The highest BCUT2D eigenvalue weighted by Crippen LogP contribution is 2.13. The summed E-state index contributed by atoms with van der Waals surface area (Å²) in [5, 5.41) is 0. The molecular weight excluding hydrogens is 272 g/mol. The Bertz CT molecular complexity index is 248. The maximum atomic E-state index is 11.2. The maximum absolute atomic E-state index is 11.2. The van der Waals surface area contributed by atoms with E-state index in [2.05, 4.69) is 6.58 Å². The predicted octanol–water partition coefficient (Wildman–Crippen LogP) is 6.59. The van der Waals surface area contributed by atoms with Crippen molar-refractivity contribution >= 4 is 5.97 Å². The van der Waals surface area contributed by atoms with Crippen LogP contribution in [0.25, 0.3) is 0 Å². The van der Waals surface area contributed by atoms with Crippen molar-refractivity contribution in [3.63, 3.8) is 0 Å². The fourth-order valence-electron chi connectivity index (χ4n) is 2.74. The average Bonchev–Trinajstić information content (AvgIpc) is 2.51. The van der Waals surface area contributed by atoms with E-state index >= 15 is 0 Å². The number of unbranched alkanes of at least 4 members (excludes halogenated alkanes) is 13. The van der Waals surface area contributed by atoms with Gasteiger partial charge in [-0.05, 0) is 26.2 Å². The Balaban J connectivity index is 3.02. The third kappa shape index (κ3) is 17.3. The Hall–Kier alpha value is -0.790. The zero-order chi connectivity index (χ0) is 16.3. The van der Waals surface area contributed by atoms with Crippen molar-refractivity contribution in [1.29, 1.82) is 0 Å². The number of allylic oxidation sites excluding steroid dienone is 1. The van der Waals surface area contributed by atoms with Gasteiger partial charge in [-0.3, -0.25) is 4.79 Å². The summed E-state index contributed by atoms with van der Waals surface area (Å²) in [7, 11) is 0. The van der Waals surface area contributed by atoms with Gasteiger partial charge in [-0.1, -0.05) is 76.7 Å². The van der Waals surface area contributed by atoms with E-state index < -0.39 is 0 Å². The van der Waals surface area contributed by atoms with E-state index in [1.165, 1.54) is 83.5 Å². The Kier molecular flexibility index (Phi) is 17.6. The molecule has 0 aliphatic carbocycles. The molecule has 0 aromatic carbocycles. The molecule has 0 rings (SSSR count). The molecule has 0 atom stereocenters. The highest BCUT2D eigenvalue weighted by molar-refractivity contribution is 5.69. The Labute approximate surface area is 138 Å².